The van der Waals surface area contributed by atoms with Crippen molar-refractivity contribution in [1.29, 1.82) is 0 Å². The molecule has 1 aliphatic rings. The number of nitrogens with one attached hydrogen (secondary N) is 1. The molecule has 0 radical (unpaired) electrons. The average molecular weight is 391 g/mol. The van der Waals surface area contributed by atoms with Crippen LogP contribution in [0.4, 0.5) is 0 Å². The van der Waals surface area contributed by atoms with Crippen LogP contribution in [0, 0.1) is 11.3 Å². The number of carbonyl (C=O) groups is 2. The molecule has 27 heavy (non-hydrogen) atoms. The van der Waals surface area contributed by atoms with E-state index in [2.05, 4.69) is 23.8 Å². The van der Waals surface area contributed by atoms with Crippen LogP contribution in [-0.2, 0) is 19.1 Å². The van der Waals surface area contributed by atoms with Crippen LogP contribution in [0.1, 0.15) is 40.0 Å². The molecule has 2 aromatic rings. The molecule has 1 aromatic heterocycles. The number of aromatic nitrogens is 2. The molecule has 0 amide bonds. The smallest absolute Gasteiger partial charge is 0.323 e. The number of hydrogen-bond acceptors (Lipinski definition) is 6. The molecule has 0 aliphatic carbocycles. The van der Waals surface area contributed by atoms with Gasteiger partial charge in [-0.2, -0.15) is 0 Å². The molecule has 1 aliphatic heterocycles. The number of para-hydroxylation sites is 2. The lowest BCUT2D eigenvalue weighted by Gasteiger charge is -2.23. The first-order valence-electron chi connectivity index (χ1n) is 9.40. The van der Waals surface area contributed by atoms with Gasteiger partial charge in [-0.05, 0) is 37.8 Å². The summed E-state index contributed by atoms with van der Waals surface area (Å²) in [4.78, 5) is 33.0. The number of ether oxygens (including phenoxy) is 2. The molecule has 146 valence electrons. The number of esters is 2. The standard InChI is InChI=1S/C20H26N2O4S/c1-4-25-17(23)20(10-9-13(2)3)11-14(26-18(20)24)12-27-19-21-15-7-5-6-8-16(15)22-19/h5-8,13-14H,4,9-12H2,1-3H3,(H,21,22)/t14-,20+/m1/s1. The van der Waals surface area contributed by atoms with Crippen molar-refractivity contribution in [2.75, 3.05) is 12.4 Å². The third-order valence-electron chi connectivity index (χ3n) is 4.83. The number of cyclic esters (lactones) is 1. The summed E-state index contributed by atoms with van der Waals surface area (Å²) in [6.07, 6.45) is 1.28. The molecule has 0 bridgehead atoms. The van der Waals surface area contributed by atoms with Gasteiger partial charge in [-0.1, -0.05) is 37.7 Å². The summed E-state index contributed by atoms with van der Waals surface area (Å²) < 4.78 is 10.8. The molecule has 3 rings (SSSR count). The van der Waals surface area contributed by atoms with Crippen molar-refractivity contribution in [3.63, 3.8) is 0 Å². The molecule has 1 fully saturated rings. The maximum Gasteiger partial charge on any atom is 0.323 e. The van der Waals surface area contributed by atoms with Gasteiger partial charge in [0.1, 0.15) is 6.10 Å². The van der Waals surface area contributed by atoms with Crippen LogP contribution < -0.4 is 0 Å². The Morgan fingerprint density at radius 3 is 2.93 bits per heavy atom. The van der Waals surface area contributed by atoms with E-state index in [1.54, 1.807) is 6.92 Å². The van der Waals surface area contributed by atoms with Crippen molar-refractivity contribution >= 4 is 34.7 Å². The molecule has 0 saturated carbocycles. The van der Waals surface area contributed by atoms with Crippen LogP contribution in [-0.4, -0.2) is 40.4 Å². The monoisotopic (exact) mass is 390 g/mol. The Bertz CT molecular complexity index is 786. The van der Waals surface area contributed by atoms with Crippen LogP contribution in [0.2, 0.25) is 0 Å². The highest BCUT2D eigenvalue weighted by Gasteiger charge is 2.55. The van der Waals surface area contributed by atoms with Crippen molar-refractivity contribution in [1.82, 2.24) is 9.97 Å². The predicted octanol–water partition coefficient (Wildman–Crippen LogP) is 3.96. The fraction of sp³-hybridized carbons (Fsp3) is 0.550. The molecule has 2 atom stereocenters. The van der Waals surface area contributed by atoms with Crippen molar-refractivity contribution in [3.8, 4) is 0 Å². The molecule has 0 spiro atoms. The first-order valence-corrected chi connectivity index (χ1v) is 10.4. The van der Waals surface area contributed by atoms with E-state index >= 15 is 0 Å². The number of imidazole rings is 1. The number of thioether (sulfide) groups is 1. The minimum Gasteiger partial charge on any atom is -0.465 e. The van der Waals surface area contributed by atoms with Gasteiger partial charge in [0.2, 0.25) is 0 Å². The van der Waals surface area contributed by atoms with E-state index in [0.717, 1.165) is 22.6 Å². The highest BCUT2D eigenvalue weighted by molar-refractivity contribution is 7.99. The number of rotatable bonds is 8. The summed E-state index contributed by atoms with van der Waals surface area (Å²) in [5.74, 6) is 0.0470. The van der Waals surface area contributed by atoms with Gasteiger partial charge >= 0.3 is 11.9 Å². The van der Waals surface area contributed by atoms with Crippen molar-refractivity contribution in [2.24, 2.45) is 11.3 Å². The van der Waals surface area contributed by atoms with Crippen LogP contribution in [0.5, 0.6) is 0 Å². The second-order valence-electron chi connectivity index (χ2n) is 7.34. The van der Waals surface area contributed by atoms with E-state index in [1.165, 1.54) is 11.8 Å². The maximum absolute atomic E-state index is 12.6. The quantitative estimate of drug-likeness (QED) is 0.417. The van der Waals surface area contributed by atoms with E-state index in [1.807, 2.05) is 24.3 Å². The summed E-state index contributed by atoms with van der Waals surface area (Å²) in [6, 6.07) is 7.82. The zero-order chi connectivity index (χ0) is 19.4. The second-order valence-corrected chi connectivity index (χ2v) is 8.35. The third kappa shape index (κ3) is 4.29. The predicted molar refractivity (Wildman–Crippen MR) is 104 cm³/mol. The van der Waals surface area contributed by atoms with E-state index in [0.29, 0.717) is 24.5 Å². The molecular weight excluding hydrogens is 364 g/mol. The summed E-state index contributed by atoms with van der Waals surface area (Å²) in [7, 11) is 0. The van der Waals surface area contributed by atoms with E-state index in [4.69, 9.17) is 9.47 Å². The average Bonchev–Trinajstić information content (AvgIpc) is 3.19. The van der Waals surface area contributed by atoms with E-state index < -0.39 is 17.4 Å². The normalized spacial score (nSPS) is 22.4. The second kappa shape index (κ2) is 8.33. The number of aromatic amines is 1. The number of fused-ring (bicyclic) bond motifs is 1. The molecule has 1 N–H and O–H groups in total. The topological polar surface area (TPSA) is 81.3 Å². The molecule has 7 heteroatoms. The fourth-order valence-electron chi connectivity index (χ4n) is 3.32. The number of H-pyrrole nitrogens is 1. The highest BCUT2D eigenvalue weighted by atomic mass is 32.2. The maximum atomic E-state index is 12.6. The third-order valence-corrected chi connectivity index (χ3v) is 5.83. The minimum absolute atomic E-state index is 0.258. The molecule has 0 unspecified atom stereocenters. The number of nitrogens with zero attached hydrogens (tertiary/aromatic N) is 1. The lowest BCUT2D eigenvalue weighted by molar-refractivity contribution is -0.165. The Hall–Kier alpha value is -2.02. The van der Waals surface area contributed by atoms with Gasteiger partial charge in [-0.25, -0.2) is 4.98 Å². The van der Waals surface area contributed by atoms with Gasteiger partial charge in [0.15, 0.2) is 10.6 Å². The van der Waals surface area contributed by atoms with Crippen LogP contribution in [0.15, 0.2) is 29.4 Å². The molecule has 1 aromatic carbocycles. The largest absolute Gasteiger partial charge is 0.465 e. The van der Waals surface area contributed by atoms with Gasteiger partial charge in [0.25, 0.3) is 0 Å². The van der Waals surface area contributed by atoms with Gasteiger partial charge in [-0.3, -0.25) is 9.59 Å². The Morgan fingerprint density at radius 2 is 2.22 bits per heavy atom. The van der Waals surface area contributed by atoms with Crippen LogP contribution in [0.25, 0.3) is 11.0 Å². The Labute approximate surface area is 163 Å². The Balaban J connectivity index is 1.68. The van der Waals surface area contributed by atoms with Gasteiger partial charge in [0, 0.05) is 12.2 Å². The van der Waals surface area contributed by atoms with Gasteiger partial charge in [0.05, 0.1) is 17.6 Å². The van der Waals surface area contributed by atoms with E-state index in [9.17, 15) is 9.59 Å². The summed E-state index contributed by atoms with van der Waals surface area (Å²) >= 11 is 1.50. The Morgan fingerprint density at radius 1 is 1.44 bits per heavy atom. The minimum atomic E-state index is -1.17. The first-order chi connectivity index (χ1) is 12.9. The van der Waals surface area contributed by atoms with Crippen LogP contribution in [0.3, 0.4) is 0 Å². The fourth-order valence-corrected chi connectivity index (χ4v) is 4.19. The zero-order valence-electron chi connectivity index (χ0n) is 16.0. The number of benzene rings is 1. The Kier molecular flexibility index (Phi) is 6.09. The van der Waals surface area contributed by atoms with E-state index in [-0.39, 0.29) is 12.7 Å². The number of carbonyl (C=O) groups excluding carboxylic acids is 2. The van der Waals surface area contributed by atoms with Crippen LogP contribution >= 0.6 is 11.8 Å². The molecule has 6 nitrogen and oxygen atoms in total. The lowest BCUT2D eigenvalue weighted by Crippen LogP contribution is -2.38. The van der Waals surface area contributed by atoms with Crippen molar-refractivity contribution < 1.29 is 19.1 Å². The van der Waals surface area contributed by atoms with Gasteiger partial charge < -0.3 is 14.5 Å². The lowest BCUT2D eigenvalue weighted by atomic mass is 9.79. The molecule has 1 saturated heterocycles. The summed E-state index contributed by atoms with van der Waals surface area (Å²) in [5, 5.41) is 0.781. The molecular formula is C20H26N2O4S. The summed E-state index contributed by atoms with van der Waals surface area (Å²) in [6.45, 7) is 6.17. The summed E-state index contributed by atoms with van der Waals surface area (Å²) in [5.41, 5.74) is 0.710. The zero-order valence-corrected chi connectivity index (χ0v) is 16.8. The molecule has 2 heterocycles. The number of hydrogen-bond donors (Lipinski definition) is 1. The SMILES string of the molecule is CCOC(=O)[C@]1(CCC(C)C)C[C@H](CSc2nc3ccccc3[nH]2)OC1=O. The van der Waals surface area contributed by atoms with Gasteiger partial charge in [-0.15, -0.1) is 0 Å². The highest BCUT2D eigenvalue weighted by Crippen LogP contribution is 2.42. The van der Waals surface area contributed by atoms with Crippen molar-refractivity contribution in [2.45, 2.75) is 51.3 Å². The van der Waals surface area contributed by atoms with Crippen molar-refractivity contribution in [3.05, 3.63) is 24.3 Å². The first kappa shape index (κ1) is 19.7.